The Labute approximate surface area is 199 Å². The van der Waals surface area contributed by atoms with E-state index in [1.54, 1.807) is 0 Å². The lowest BCUT2D eigenvalue weighted by Crippen LogP contribution is -2.53. The molecule has 0 aromatic heterocycles. The van der Waals surface area contributed by atoms with Crippen LogP contribution in [0.4, 0.5) is 5.69 Å². The number of halogens is 1. The van der Waals surface area contributed by atoms with Crippen molar-refractivity contribution >= 4 is 44.8 Å². The zero-order valence-electron chi connectivity index (χ0n) is 18.7. The molecule has 0 atom stereocenters. The summed E-state index contributed by atoms with van der Waals surface area (Å²) >= 11 is 8.72. The lowest BCUT2D eigenvalue weighted by Gasteiger charge is -2.44. The predicted molar refractivity (Wildman–Crippen MR) is 131 cm³/mol. The molecule has 1 aromatic rings. The molecular formula is C23H34BrN3O3S. The first-order chi connectivity index (χ1) is 14.5. The summed E-state index contributed by atoms with van der Waals surface area (Å²) in [7, 11) is 0. The lowest BCUT2D eigenvalue weighted by atomic mass is 9.79. The van der Waals surface area contributed by atoms with Gasteiger partial charge in [0.2, 0.25) is 0 Å². The number of anilines is 1. The average Bonchev–Trinajstić information content (AvgIpc) is 2.67. The van der Waals surface area contributed by atoms with Crippen LogP contribution in [0.2, 0.25) is 0 Å². The molecule has 2 aliphatic rings. The minimum Gasteiger partial charge on any atom is -0.460 e. The number of hydrogen-bond acceptors (Lipinski definition) is 6. The van der Waals surface area contributed by atoms with Gasteiger partial charge in [-0.05, 0) is 80.6 Å². The topological polar surface area (TPSA) is 79.0 Å². The molecule has 0 radical (unpaired) electrons. The number of benzene rings is 1. The number of ether oxygens (including phenoxy) is 1. The Morgan fingerprint density at radius 2 is 1.87 bits per heavy atom. The molecule has 8 heteroatoms. The minimum atomic E-state index is -0.934. The average molecular weight is 513 g/mol. The summed E-state index contributed by atoms with van der Waals surface area (Å²) in [6, 6.07) is 6.49. The zero-order chi connectivity index (χ0) is 22.8. The number of rotatable bonds is 5. The third-order valence-corrected chi connectivity index (χ3v) is 7.05. The van der Waals surface area contributed by atoms with E-state index >= 15 is 0 Å². The van der Waals surface area contributed by atoms with E-state index in [0.717, 1.165) is 54.7 Å². The van der Waals surface area contributed by atoms with E-state index in [1.807, 2.05) is 32.9 Å². The van der Waals surface area contributed by atoms with Gasteiger partial charge in [0, 0.05) is 42.3 Å². The van der Waals surface area contributed by atoms with Crippen molar-refractivity contribution in [3.63, 3.8) is 0 Å². The first-order valence-corrected chi connectivity index (χ1v) is 12.2. The van der Waals surface area contributed by atoms with Gasteiger partial charge in [0.25, 0.3) is 0 Å². The highest BCUT2D eigenvalue weighted by molar-refractivity contribution is 9.10. The Morgan fingerprint density at radius 1 is 1.26 bits per heavy atom. The molecule has 3 rings (SSSR count). The number of nitrogens with zero attached hydrogens (tertiary/aromatic N) is 2. The number of hydrogen-bond donors (Lipinski definition) is 2. The van der Waals surface area contributed by atoms with Gasteiger partial charge in [0.15, 0.2) is 0 Å². The predicted octanol–water partition coefficient (Wildman–Crippen LogP) is 3.61. The van der Waals surface area contributed by atoms with E-state index in [1.165, 1.54) is 0 Å². The van der Waals surface area contributed by atoms with Crippen LogP contribution in [0.3, 0.4) is 0 Å². The molecule has 6 nitrogen and oxygen atoms in total. The summed E-state index contributed by atoms with van der Waals surface area (Å²) < 4.78 is 6.41. The normalized spacial score (nSPS) is 25.3. The van der Waals surface area contributed by atoms with Gasteiger partial charge in [0.05, 0.1) is 17.7 Å². The van der Waals surface area contributed by atoms with Crippen LogP contribution in [0.5, 0.6) is 0 Å². The Bertz CT molecular complexity index is 811. The van der Waals surface area contributed by atoms with Crippen LogP contribution in [-0.4, -0.2) is 64.4 Å². The Morgan fingerprint density at radius 3 is 2.39 bits per heavy atom. The molecule has 0 unspecified atom stereocenters. The number of nitrogens with two attached hydrogens (primary N) is 1. The first kappa shape index (κ1) is 24.4. The molecular weight excluding hydrogens is 478 g/mol. The van der Waals surface area contributed by atoms with E-state index in [2.05, 4.69) is 31.8 Å². The van der Waals surface area contributed by atoms with Crippen LogP contribution >= 0.6 is 28.1 Å². The van der Waals surface area contributed by atoms with Crippen LogP contribution in [-0.2, 0) is 9.53 Å². The van der Waals surface area contributed by atoms with Gasteiger partial charge in [0.1, 0.15) is 10.6 Å². The van der Waals surface area contributed by atoms with Gasteiger partial charge < -0.3 is 20.5 Å². The Hall–Kier alpha value is -1.22. The van der Waals surface area contributed by atoms with Gasteiger partial charge in [-0.2, -0.15) is 0 Å². The molecule has 1 saturated heterocycles. The van der Waals surface area contributed by atoms with E-state index in [4.69, 9.17) is 22.7 Å². The zero-order valence-corrected chi connectivity index (χ0v) is 21.1. The highest BCUT2D eigenvalue weighted by Crippen LogP contribution is 2.35. The molecule has 0 bridgehead atoms. The van der Waals surface area contributed by atoms with Crippen LogP contribution in [0, 0.1) is 0 Å². The molecule has 2 fully saturated rings. The first-order valence-electron chi connectivity index (χ1n) is 11.0. The monoisotopic (exact) mass is 511 g/mol. The molecule has 1 heterocycles. The van der Waals surface area contributed by atoms with E-state index in [0.29, 0.717) is 23.9 Å². The summed E-state index contributed by atoms with van der Waals surface area (Å²) in [5.41, 5.74) is 6.31. The van der Waals surface area contributed by atoms with Crippen LogP contribution in [0.15, 0.2) is 22.7 Å². The van der Waals surface area contributed by atoms with Crippen molar-refractivity contribution in [2.75, 3.05) is 31.1 Å². The summed E-state index contributed by atoms with van der Waals surface area (Å²) in [6.07, 6.45) is 3.19. The van der Waals surface area contributed by atoms with Crippen LogP contribution < -0.4 is 10.6 Å². The third kappa shape index (κ3) is 6.63. The van der Waals surface area contributed by atoms with Gasteiger partial charge in [-0.3, -0.25) is 9.69 Å². The van der Waals surface area contributed by atoms with Crippen LogP contribution in [0.1, 0.15) is 58.4 Å². The molecule has 0 amide bonds. The summed E-state index contributed by atoms with van der Waals surface area (Å²) in [4.78, 5) is 17.5. The number of carbonyl (C=O) groups is 1. The van der Waals surface area contributed by atoms with Crippen molar-refractivity contribution in [1.82, 2.24) is 4.90 Å². The second-order valence-electron chi connectivity index (χ2n) is 9.77. The molecule has 31 heavy (non-hydrogen) atoms. The molecule has 172 valence electrons. The van der Waals surface area contributed by atoms with Gasteiger partial charge in [-0.25, -0.2) is 0 Å². The number of carbonyl (C=O) groups excluding carboxylic acids is 1. The van der Waals surface area contributed by atoms with Crippen molar-refractivity contribution in [2.45, 2.75) is 70.1 Å². The fraction of sp³-hybridized carbons (Fsp3) is 0.652. The van der Waals surface area contributed by atoms with E-state index in [9.17, 15) is 9.90 Å². The Kier molecular flexibility index (Phi) is 7.66. The number of aliphatic hydroxyl groups is 1. The highest BCUT2D eigenvalue weighted by atomic mass is 79.9. The van der Waals surface area contributed by atoms with Gasteiger partial charge in [-0.1, -0.05) is 12.2 Å². The number of piperazine rings is 1. The smallest absolute Gasteiger partial charge is 0.309 e. The maximum atomic E-state index is 12.2. The molecule has 1 aliphatic carbocycles. The molecule has 1 saturated carbocycles. The number of esters is 1. The second kappa shape index (κ2) is 9.73. The molecule has 1 aliphatic heterocycles. The second-order valence-corrected chi connectivity index (χ2v) is 11.1. The fourth-order valence-electron chi connectivity index (χ4n) is 4.57. The van der Waals surface area contributed by atoms with Gasteiger partial charge >= 0.3 is 5.97 Å². The summed E-state index contributed by atoms with van der Waals surface area (Å²) in [5.74, 6) is -0.311. The highest BCUT2D eigenvalue weighted by Gasteiger charge is 2.38. The fourth-order valence-corrected chi connectivity index (χ4v) is 5.33. The van der Waals surface area contributed by atoms with Crippen LogP contribution in [0.25, 0.3) is 0 Å². The lowest BCUT2D eigenvalue weighted by molar-refractivity contribution is -0.162. The van der Waals surface area contributed by atoms with Gasteiger partial charge in [-0.15, -0.1) is 0 Å². The Balaban J connectivity index is 1.49. The van der Waals surface area contributed by atoms with Crippen molar-refractivity contribution < 1.29 is 14.6 Å². The van der Waals surface area contributed by atoms with Crippen molar-refractivity contribution in [1.29, 1.82) is 0 Å². The quantitative estimate of drug-likeness (QED) is 0.461. The van der Waals surface area contributed by atoms with E-state index < -0.39 is 11.2 Å². The minimum absolute atomic E-state index is 0.0844. The SMILES string of the molecule is CC(C)(C)OC(=O)CC1(O)CCC(N2CCN(c3ccc(C(N)=S)cc3Br)CC2)CC1. The van der Waals surface area contributed by atoms with Crippen molar-refractivity contribution in [3.05, 3.63) is 28.2 Å². The standard InChI is InChI=1S/C23H34BrN3O3S/c1-22(2,3)30-20(28)15-23(29)8-6-17(7-9-23)26-10-12-27(13-11-26)19-5-4-16(21(25)31)14-18(19)24/h4-5,14,17,29H,6-13,15H2,1-3H3,(H2,25,31). The summed E-state index contributed by atoms with van der Waals surface area (Å²) in [5, 5.41) is 10.9. The summed E-state index contributed by atoms with van der Waals surface area (Å²) in [6.45, 7) is 9.42. The maximum Gasteiger partial charge on any atom is 0.309 e. The third-order valence-electron chi connectivity index (χ3n) is 6.18. The van der Waals surface area contributed by atoms with Crippen molar-refractivity contribution in [2.24, 2.45) is 5.73 Å². The maximum absolute atomic E-state index is 12.2. The molecule has 0 spiro atoms. The molecule has 1 aromatic carbocycles. The largest absolute Gasteiger partial charge is 0.460 e. The number of thiocarbonyl (C=S) groups is 1. The van der Waals surface area contributed by atoms with Crippen molar-refractivity contribution in [3.8, 4) is 0 Å². The van der Waals surface area contributed by atoms with E-state index in [-0.39, 0.29) is 12.4 Å². The molecule has 3 N–H and O–H groups in total.